The normalized spacial score (nSPS) is 11.4. The Morgan fingerprint density at radius 2 is 1.85 bits per heavy atom. The second-order valence-electron chi connectivity index (χ2n) is 6.95. The van der Waals surface area contributed by atoms with Crippen molar-refractivity contribution in [3.8, 4) is 11.8 Å². The van der Waals surface area contributed by atoms with Crippen molar-refractivity contribution in [3.63, 3.8) is 0 Å². The zero-order valence-electron chi connectivity index (χ0n) is 17.6. The number of benzene rings is 3. The molecule has 0 aliphatic carbocycles. The minimum absolute atomic E-state index is 0.0535. The minimum atomic E-state index is -4.33. The van der Waals surface area contributed by atoms with Gasteiger partial charge in [0.1, 0.15) is 22.3 Å². The number of nitriles is 1. The number of nitrogens with zero attached hydrogens (tertiary/aromatic N) is 2. The summed E-state index contributed by atoms with van der Waals surface area (Å²) in [6, 6.07) is 17.3. The van der Waals surface area contributed by atoms with Crippen LogP contribution in [0.5, 0.6) is 5.75 Å². The third kappa shape index (κ3) is 5.98. The molecule has 3 rings (SSSR count). The Bertz CT molecular complexity index is 1440. The molecule has 1 N–H and O–H groups in total. The zero-order valence-corrected chi connectivity index (χ0v) is 19.1. The maximum absolute atomic E-state index is 12.5. The molecule has 9 nitrogen and oxygen atoms in total. The van der Waals surface area contributed by atoms with Crippen molar-refractivity contribution < 1.29 is 22.3 Å². The Balaban J connectivity index is 1.77. The highest BCUT2D eigenvalue weighted by Crippen LogP contribution is 2.25. The largest absolute Gasteiger partial charge is 0.379 e. The van der Waals surface area contributed by atoms with Crippen LogP contribution in [0.25, 0.3) is 6.08 Å². The molecule has 0 unspecified atom stereocenters. The van der Waals surface area contributed by atoms with Crippen LogP contribution in [0.1, 0.15) is 11.1 Å². The van der Waals surface area contributed by atoms with E-state index in [1.807, 2.05) is 6.07 Å². The van der Waals surface area contributed by atoms with Gasteiger partial charge in [0.2, 0.25) is 0 Å². The van der Waals surface area contributed by atoms with Crippen LogP contribution in [0, 0.1) is 28.4 Å². The molecule has 0 radical (unpaired) electrons. The Kier molecular flexibility index (Phi) is 7.31. The fourth-order valence-electron chi connectivity index (χ4n) is 2.82. The molecular weight excluding hydrogens is 482 g/mol. The van der Waals surface area contributed by atoms with Crippen molar-refractivity contribution >= 4 is 45.1 Å². The quantitative estimate of drug-likeness (QED) is 0.161. The molecule has 0 aliphatic rings. The summed E-state index contributed by atoms with van der Waals surface area (Å²) in [5.41, 5.74) is 0.642. The number of carbonyl (C=O) groups excluding carboxylic acids is 1. The first-order valence-corrected chi connectivity index (χ1v) is 11.4. The van der Waals surface area contributed by atoms with Crippen LogP contribution < -0.4 is 9.50 Å². The summed E-state index contributed by atoms with van der Waals surface area (Å²) in [4.78, 5) is 22.4. The molecular formula is C23H16ClN3O6S. The molecule has 34 heavy (non-hydrogen) atoms. The van der Waals surface area contributed by atoms with Crippen LogP contribution >= 0.6 is 11.6 Å². The molecule has 3 aromatic rings. The second kappa shape index (κ2) is 10.2. The standard InChI is InChI=1S/C23H16ClN3O6S/c1-15-5-10-21(13-22(15)27(29)30)34(31,32)33-20-8-6-16(7-9-20)11-17(14-25)23(28)26-19-4-2-3-18(24)12-19/h2-13H,1H3,(H,26,28)/b17-11+. The molecule has 1 amide bonds. The zero-order chi connectivity index (χ0) is 24.9. The fourth-order valence-corrected chi connectivity index (χ4v) is 3.96. The van der Waals surface area contributed by atoms with E-state index in [9.17, 15) is 28.6 Å². The van der Waals surface area contributed by atoms with Crippen LogP contribution in [-0.2, 0) is 14.9 Å². The highest BCUT2D eigenvalue weighted by atomic mass is 35.5. The smallest absolute Gasteiger partial charge is 0.339 e. The van der Waals surface area contributed by atoms with Gasteiger partial charge in [-0.1, -0.05) is 35.9 Å². The molecule has 0 fully saturated rings. The van der Waals surface area contributed by atoms with Gasteiger partial charge < -0.3 is 9.50 Å². The number of nitrogens with one attached hydrogen (secondary N) is 1. The maximum atomic E-state index is 12.5. The summed E-state index contributed by atoms with van der Waals surface area (Å²) in [5.74, 6) is -0.698. The van der Waals surface area contributed by atoms with E-state index in [0.29, 0.717) is 21.8 Å². The number of rotatable bonds is 7. The van der Waals surface area contributed by atoms with Crippen molar-refractivity contribution in [2.24, 2.45) is 0 Å². The van der Waals surface area contributed by atoms with Crippen LogP contribution in [-0.4, -0.2) is 19.2 Å². The second-order valence-corrected chi connectivity index (χ2v) is 8.93. The van der Waals surface area contributed by atoms with Gasteiger partial charge >= 0.3 is 10.1 Å². The number of aryl methyl sites for hydroxylation is 1. The highest BCUT2D eigenvalue weighted by Gasteiger charge is 2.21. The summed E-state index contributed by atoms with van der Waals surface area (Å²) >= 11 is 5.88. The highest BCUT2D eigenvalue weighted by molar-refractivity contribution is 7.87. The molecule has 3 aromatic carbocycles. The number of hydrogen-bond acceptors (Lipinski definition) is 7. The molecule has 0 aliphatic heterocycles. The van der Waals surface area contributed by atoms with Gasteiger partial charge in [0.15, 0.2) is 0 Å². The molecule has 0 spiro atoms. The summed E-state index contributed by atoms with van der Waals surface area (Å²) in [5, 5.41) is 23.4. The van der Waals surface area contributed by atoms with Gasteiger partial charge in [-0.25, -0.2) is 0 Å². The van der Waals surface area contributed by atoms with Crippen LogP contribution in [0.2, 0.25) is 5.02 Å². The van der Waals surface area contributed by atoms with E-state index < -0.39 is 20.9 Å². The van der Waals surface area contributed by atoms with Gasteiger partial charge in [-0.15, -0.1) is 0 Å². The lowest BCUT2D eigenvalue weighted by Gasteiger charge is -2.08. The van der Waals surface area contributed by atoms with Crippen LogP contribution in [0.3, 0.4) is 0 Å². The first kappa shape index (κ1) is 24.4. The Hall–Kier alpha value is -4.20. The summed E-state index contributed by atoms with van der Waals surface area (Å²) in [6.45, 7) is 1.49. The van der Waals surface area contributed by atoms with E-state index in [2.05, 4.69) is 5.32 Å². The summed E-state index contributed by atoms with van der Waals surface area (Å²) < 4.78 is 30.1. The third-order valence-electron chi connectivity index (χ3n) is 4.51. The van der Waals surface area contributed by atoms with E-state index in [4.69, 9.17) is 15.8 Å². The molecule has 172 valence electrons. The lowest BCUT2D eigenvalue weighted by molar-refractivity contribution is -0.385. The van der Waals surface area contributed by atoms with Gasteiger partial charge in [0, 0.05) is 22.3 Å². The van der Waals surface area contributed by atoms with Crippen molar-refractivity contribution in [2.75, 3.05) is 5.32 Å². The third-order valence-corrected chi connectivity index (χ3v) is 5.99. The Morgan fingerprint density at radius 1 is 1.15 bits per heavy atom. The predicted molar refractivity (Wildman–Crippen MR) is 126 cm³/mol. The Labute approximate surface area is 200 Å². The fraction of sp³-hybridized carbons (Fsp3) is 0.0435. The van der Waals surface area contributed by atoms with Crippen molar-refractivity contribution in [2.45, 2.75) is 11.8 Å². The maximum Gasteiger partial charge on any atom is 0.339 e. The van der Waals surface area contributed by atoms with Crippen molar-refractivity contribution in [3.05, 3.63) is 98.6 Å². The number of amides is 1. The average molecular weight is 498 g/mol. The Morgan fingerprint density at radius 3 is 2.47 bits per heavy atom. The first-order chi connectivity index (χ1) is 16.1. The molecule has 0 saturated heterocycles. The lowest BCUT2D eigenvalue weighted by Crippen LogP contribution is -2.13. The molecule has 0 saturated carbocycles. The molecule has 0 heterocycles. The van der Waals surface area contributed by atoms with Gasteiger partial charge in [-0.05, 0) is 55.0 Å². The number of halogens is 1. The lowest BCUT2D eigenvalue weighted by atomic mass is 10.1. The average Bonchev–Trinajstić information content (AvgIpc) is 2.78. The molecule has 0 atom stereocenters. The summed E-state index contributed by atoms with van der Waals surface area (Å²) in [6.07, 6.45) is 1.32. The summed E-state index contributed by atoms with van der Waals surface area (Å²) in [7, 11) is -4.33. The molecule has 11 heteroatoms. The van der Waals surface area contributed by atoms with Crippen LogP contribution in [0.15, 0.2) is 77.2 Å². The topological polar surface area (TPSA) is 139 Å². The number of anilines is 1. The van der Waals surface area contributed by atoms with E-state index in [1.54, 1.807) is 18.2 Å². The van der Waals surface area contributed by atoms with Gasteiger partial charge in [0.05, 0.1) is 4.92 Å². The van der Waals surface area contributed by atoms with Gasteiger partial charge in [-0.2, -0.15) is 13.7 Å². The molecule has 0 aromatic heterocycles. The number of nitro groups is 1. The SMILES string of the molecule is Cc1ccc(S(=O)(=O)Oc2ccc(/C=C(\C#N)C(=O)Nc3cccc(Cl)c3)cc2)cc1[N+](=O)[O-]. The van der Waals surface area contributed by atoms with Gasteiger partial charge in [0.25, 0.3) is 11.6 Å². The minimum Gasteiger partial charge on any atom is -0.379 e. The molecule has 0 bridgehead atoms. The van der Waals surface area contributed by atoms with Gasteiger partial charge in [-0.3, -0.25) is 14.9 Å². The van der Waals surface area contributed by atoms with E-state index in [-0.39, 0.29) is 21.9 Å². The van der Waals surface area contributed by atoms with Crippen molar-refractivity contribution in [1.29, 1.82) is 5.26 Å². The number of nitro benzene ring substituents is 1. The van der Waals surface area contributed by atoms with E-state index in [0.717, 1.165) is 6.07 Å². The van der Waals surface area contributed by atoms with Crippen molar-refractivity contribution in [1.82, 2.24) is 0 Å². The first-order valence-electron chi connectivity index (χ1n) is 9.57. The monoisotopic (exact) mass is 497 g/mol. The van der Waals surface area contributed by atoms with Crippen LogP contribution in [0.4, 0.5) is 11.4 Å². The predicted octanol–water partition coefficient (Wildman–Crippen LogP) is 4.87. The number of hydrogen-bond donors (Lipinski definition) is 1. The number of carbonyl (C=O) groups is 1. The van der Waals surface area contributed by atoms with E-state index >= 15 is 0 Å². The van der Waals surface area contributed by atoms with E-state index in [1.165, 1.54) is 55.5 Å².